The van der Waals surface area contributed by atoms with Gasteiger partial charge in [0.15, 0.2) is 0 Å². The molecule has 0 nitrogen and oxygen atoms in total. The van der Waals surface area contributed by atoms with E-state index in [1.54, 1.807) is 0 Å². The summed E-state index contributed by atoms with van der Waals surface area (Å²) in [5.41, 5.74) is 14.7. The third kappa shape index (κ3) is 12.5. The molecule has 0 aliphatic heterocycles. The minimum absolute atomic E-state index is 0. The molecule has 0 radical (unpaired) electrons. The number of rotatable bonds is 0. The maximum atomic E-state index is 2.20. The molecule has 0 fully saturated rings. The third-order valence-corrected chi connectivity index (χ3v) is 8.72. The van der Waals surface area contributed by atoms with Gasteiger partial charge in [-0.15, -0.1) is 59.3 Å². The zero-order chi connectivity index (χ0) is 28.0. The molecule has 0 aromatic heterocycles. The first-order chi connectivity index (χ1) is 18.0. The van der Waals surface area contributed by atoms with Crippen LogP contribution in [-0.4, -0.2) is 0 Å². The zero-order valence-electron chi connectivity index (χ0n) is 27.6. The second kappa shape index (κ2) is 23.6. The summed E-state index contributed by atoms with van der Waals surface area (Å²) in [6.07, 6.45) is 0. The van der Waals surface area contributed by atoms with E-state index in [1.165, 1.54) is 77.2 Å². The first-order valence-corrected chi connectivity index (χ1v) is 13.6. The van der Waals surface area contributed by atoms with E-state index in [4.69, 9.17) is 0 Å². The fraction of sp³-hybridized carbons (Fsp3) is 0.263. The van der Waals surface area contributed by atoms with Gasteiger partial charge in [-0.3, -0.25) is 0 Å². The molecule has 0 aliphatic carbocycles. The van der Waals surface area contributed by atoms with Gasteiger partial charge in [0.2, 0.25) is 0 Å². The van der Waals surface area contributed by atoms with Gasteiger partial charge in [-0.05, 0) is 0 Å². The average Bonchev–Trinajstić information content (AvgIpc) is 3.69. The average molecular weight is 825 g/mol. The van der Waals surface area contributed by atoms with Crippen LogP contribution in [-0.2, 0) is 52.4 Å². The van der Waals surface area contributed by atoms with Gasteiger partial charge in [0.05, 0.1) is 0 Å². The molecule has 0 heterocycles. The van der Waals surface area contributed by atoms with Crippen LogP contribution < -0.4 is 49.6 Å². The van der Waals surface area contributed by atoms with E-state index in [1.807, 2.05) is 0 Å². The van der Waals surface area contributed by atoms with E-state index in [9.17, 15) is 0 Å². The molecule has 0 aliphatic rings. The molecular weight excluding hydrogens is 781 g/mol. The Morgan fingerprint density at radius 3 is 0.864 bits per heavy atom. The monoisotopic (exact) mass is 820 g/mol. The number of benzene rings is 2. The predicted octanol–water partition coefficient (Wildman–Crippen LogP) is -0.976. The Bertz CT molecular complexity index is 1290. The Hall–Kier alpha value is -0.714. The van der Waals surface area contributed by atoms with Gasteiger partial charge in [0.25, 0.3) is 0 Å². The van der Waals surface area contributed by atoms with Gasteiger partial charge >= 0.3 is 52.4 Å². The maximum Gasteiger partial charge on any atom is 4.00 e. The summed E-state index contributed by atoms with van der Waals surface area (Å²) in [5, 5.41) is 5.32. The van der Waals surface area contributed by atoms with Crippen LogP contribution in [0.25, 0.3) is 21.5 Å². The van der Waals surface area contributed by atoms with Crippen LogP contribution in [0.5, 0.6) is 0 Å². The van der Waals surface area contributed by atoms with Crippen molar-refractivity contribution >= 4 is 21.5 Å². The molecule has 0 saturated heterocycles. The predicted molar refractivity (Wildman–Crippen MR) is 171 cm³/mol. The van der Waals surface area contributed by atoms with Gasteiger partial charge < -0.3 is 49.6 Å². The second-order valence-corrected chi connectivity index (χ2v) is 10.6. The first kappa shape index (κ1) is 50.1. The van der Waals surface area contributed by atoms with E-state index >= 15 is 0 Å². The summed E-state index contributed by atoms with van der Waals surface area (Å²) in [4.78, 5) is 0. The molecule has 0 unspecified atom stereocenters. The molecule has 6 aromatic rings. The minimum atomic E-state index is 0. The van der Waals surface area contributed by atoms with Crippen LogP contribution in [0.15, 0.2) is 84.9 Å². The van der Waals surface area contributed by atoms with Crippen LogP contribution >= 0.6 is 0 Å². The fourth-order valence-corrected chi connectivity index (χ4v) is 4.95. The van der Waals surface area contributed by atoms with Crippen LogP contribution in [0.1, 0.15) is 55.6 Å². The van der Waals surface area contributed by atoms with E-state index < -0.39 is 0 Å². The molecule has 0 bridgehead atoms. The molecule has 0 spiro atoms. The molecule has 6 heteroatoms. The fourth-order valence-electron chi connectivity index (χ4n) is 4.95. The Morgan fingerprint density at radius 2 is 0.659 bits per heavy atom. The summed E-state index contributed by atoms with van der Waals surface area (Å²) in [6, 6.07) is 29.3. The molecule has 0 atom stereocenters. The summed E-state index contributed by atoms with van der Waals surface area (Å²) >= 11 is 0. The maximum absolute atomic E-state index is 2.20. The van der Waals surface area contributed by atoms with Crippen LogP contribution in [0, 0.1) is 69.2 Å². The number of fused-ring (bicyclic) bond motifs is 2. The Labute approximate surface area is 330 Å². The molecular formula is C38H44Cl4Zr2. The molecule has 0 N–H and O–H groups in total. The molecule has 6 aromatic carbocycles. The number of hydrogen-bond donors (Lipinski definition) is 0. The quantitative estimate of drug-likeness (QED) is 0.173. The van der Waals surface area contributed by atoms with Gasteiger partial charge in [-0.2, -0.15) is 90.7 Å². The Balaban J connectivity index is -0.000000232. The van der Waals surface area contributed by atoms with Crippen molar-refractivity contribution in [3.05, 3.63) is 141 Å². The molecule has 6 rings (SSSR count). The summed E-state index contributed by atoms with van der Waals surface area (Å²) in [6.45, 7) is 22.0. The van der Waals surface area contributed by atoms with Crippen molar-refractivity contribution in [1.29, 1.82) is 0 Å². The Kier molecular flexibility index (Phi) is 26.9. The normalized spacial score (nSPS) is 8.95. The molecule has 0 amide bonds. The first-order valence-electron chi connectivity index (χ1n) is 13.6. The van der Waals surface area contributed by atoms with Crippen molar-refractivity contribution < 1.29 is 102 Å². The zero-order valence-corrected chi connectivity index (χ0v) is 35.5. The largest absolute Gasteiger partial charge is 4.00 e. The number of halogens is 4. The van der Waals surface area contributed by atoms with Crippen LogP contribution in [0.3, 0.4) is 0 Å². The molecule has 232 valence electrons. The van der Waals surface area contributed by atoms with Gasteiger partial charge in [0.1, 0.15) is 0 Å². The van der Waals surface area contributed by atoms with E-state index in [2.05, 4.69) is 154 Å². The van der Waals surface area contributed by atoms with Crippen LogP contribution in [0.2, 0.25) is 0 Å². The summed E-state index contributed by atoms with van der Waals surface area (Å²) in [5.74, 6) is 0. The van der Waals surface area contributed by atoms with Crippen molar-refractivity contribution in [2.24, 2.45) is 0 Å². The Morgan fingerprint density at radius 1 is 0.409 bits per heavy atom. The summed E-state index contributed by atoms with van der Waals surface area (Å²) in [7, 11) is 0. The standard InChI is InChI=1S/2C10H15.2C9H7.4ClH.2Zr/c2*1-6-7(2)9(4)10(5)8(6)3;2*1-2-5-9-7-3-6-8(9)4-1;;;;;;/h2*1-5H3;2*1-7H;4*1H;;/q4*-1;;;;;2*+4/p-4. The van der Waals surface area contributed by atoms with Crippen LogP contribution in [0.4, 0.5) is 0 Å². The van der Waals surface area contributed by atoms with Gasteiger partial charge in [-0.1, -0.05) is 81.4 Å². The number of hydrogen-bond acceptors (Lipinski definition) is 0. The second-order valence-electron chi connectivity index (χ2n) is 10.6. The molecule has 0 saturated carbocycles. The minimum Gasteiger partial charge on any atom is -1.00 e. The van der Waals surface area contributed by atoms with Crippen molar-refractivity contribution in [2.45, 2.75) is 69.2 Å². The SMILES string of the molecule is Cc1c(C)c(C)[c-](C)c1C.Cc1c(C)c(C)[c-](C)c1C.[Cl-].[Cl-].[Cl-].[Cl-].[Zr+4].[Zr+4].c1ccc2[cH-]ccc2c1.c1ccc2[cH-]ccc2c1. The van der Waals surface area contributed by atoms with Crippen molar-refractivity contribution in [3.63, 3.8) is 0 Å². The van der Waals surface area contributed by atoms with Gasteiger partial charge in [-0.25, -0.2) is 0 Å². The third-order valence-electron chi connectivity index (χ3n) is 8.72. The van der Waals surface area contributed by atoms with E-state index in [0.717, 1.165) is 0 Å². The smallest absolute Gasteiger partial charge is 1.00 e. The van der Waals surface area contributed by atoms with Crippen molar-refractivity contribution in [1.82, 2.24) is 0 Å². The van der Waals surface area contributed by atoms with Crippen molar-refractivity contribution in [2.75, 3.05) is 0 Å². The van der Waals surface area contributed by atoms with Crippen molar-refractivity contribution in [3.8, 4) is 0 Å². The van der Waals surface area contributed by atoms with E-state index in [0.29, 0.717) is 0 Å². The van der Waals surface area contributed by atoms with Gasteiger partial charge in [0, 0.05) is 0 Å². The summed E-state index contributed by atoms with van der Waals surface area (Å²) < 4.78 is 0. The molecule has 44 heavy (non-hydrogen) atoms. The van der Waals surface area contributed by atoms with E-state index in [-0.39, 0.29) is 102 Å². The topological polar surface area (TPSA) is 0 Å².